The van der Waals surface area contributed by atoms with Gasteiger partial charge in [-0.1, -0.05) is 30.3 Å². The first-order chi connectivity index (χ1) is 10.9. The van der Waals surface area contributed by atoms with Gasteiger partial charge in [-0.15, -0.1) is 0 Å². The van der Waals surface area contributed by atoms with Crippen molar-refractivity contribution in [3.63, 3.8) is 0 Å². The zero-order valence-electron chi connectivity index (χ0n) is 12.7. The summed E-state index contributed by atoms with van der Waals surface area (Å²) in [6.45, 7) is 2.16. The van der Waals surface area contributed by atoms with Crippen LogP contribution in [-0.2, 0) is 0 Å². The number of benzene rings is 1. The summed E-state index contributed by atoms with van der Waals surface area (Å²) in [4.78, 5) is 11.7. The molecule has 1 aromatic carbocycles. The van der Waals surface area contributed by atoms with Gasteiger partial charge >= 0.3 is 0 Å². The Morgan fingerprint density at radius 1 is 1.18 bits per heavy atom. The maximum absolute atomic E-state index is 6.31. The summed E-state index contributed by atoms with van der Waals surface area (Å²) in [5.74, 6) is 0.927. The summed E-state index contributed by atoms with van der Waals surface area (Å²) in [5, 5.41) is 0.813. The van der Waals surface area contributed by atoms with Crippen LogP contribution in [0.15, 0.2) is 35.6 Å². The number of ether oxygens (including phenoxy) is 1. The van der Waals surface area contributed by atoms with Crippen molar-refractivity contribution in [1.29, 1.82) is 0 Å². The van der Waals surface area contributed by atoms with E-state index < -0.39 is 0 Å². The molecule has 1 saturated heterocycles. The highest BCUT2D eigenvalue weighted by Gasteiger charge is 2.32. The lowest BCUT2D eigenvalue weighted by Gasteiger charge is -2.37. The van der Waals surface area contributed by atoms with Gasteiger partial charge in [0.25, 0.3) is 0 Å². The van der Waals surface area contributed by atoms with Gasteiger partial charge in [-0.3, -0.25) is 4.90 Å². The fourth-order valence-corrected chi connectivity index (χ4v) is 3.58. The van der Waals surface area contributed by atoms with E-state index in [1.165, 1.54) is 19.3 Å². The van der Waals surface area contributed by atoms with Crippen LogP contribution in [-0.4, -0.2) is 34.2 Å². The van der Waals surface area contributed by atoms with Crippen molar-refractivity contribution in [2.45, 2.75) is 30.6 Å². The van der Waals surface area contributed by atoms with Crippen LogP contribution in [0.1, 0.15) is 31.1 Å². The molecule has 1 fully saturated rings. The molecule has 2 aliphatic heterocycles. The molecule has 1 aromatic heterocycles. The maximum Gasteiger partial charge on any atom is 0.187 e. The number of hydrogen-bond acceptors (Lipinski definition) is 5. The van der Waals surface area contributed by atoms with E-state index in [0.717, 1.165) is 40.8 Å². The molecule has 0 spiro atoms. The van der Waals surface area contributed by atoms with Crippen molar-refractivity contribution < 1.29 is 4.74 Å². The number of likely N-dealkylation sites (tertiary alicyclic amines) is 1. The monoisotopic (exact) mass is 313 g/mol. The number of aromatic nitrogens is 2. The second kappa shape index (κ2) is 5.89. The normalized spacial score (nSPS) is 20.9. The molecular formula is C17H19N3OS. The number of rotatable bonds is 2. The number of fused-ring (bicyclic) bond motifs is 3. The van der Waals surface area contributed by atoms with Crippen LogP contribution < -0.4 is 4.74 Å². The highest BCUT2D eigenvalue weighted by Crippen LogP contribution is 2.43. The van der Waals surface area contributed by atoms with E-state index in [2.05, 4.69) is 16.0 Å². The first-order valence-corrected chi connectivity index (χ1v) is 9.00. The number of thioether (sulfide) groups is 1. The lowest BCUT2D eigenvalue weighted by atomic mass is 10.0. The lowest BCUT2D eigenvalue weighted by Crippen LogP contribution is -2.38. The Labute approximate surface area is 134 Å². The average Bonchev–Trinajstić information content (AvgIpc) is 2.61. The van der Waals surface area contributed by atoms with Crippen molar-refractivity contribution in [2.24, 2.45) is 0 Å². The third kappa shape index (κ3) is 2.38. The molecule has 22 heavy (non-hydrogen) atoms. The Morgan fingerprint density at radius 2 is 2.00 bits per heavy atom. The van der Waals surface area contributed by atoms with Crippen molar-refractivity contribution in [2.75, 3.05) is 19.3 Å². The minimum absolute atomic E-state index is 0.0545. The molecule has 0 N–H and O–H groups in total. The SMILES string of the molecule is CSc1ncc2c(n1)-c1ccccc1O[C@H]2N1CCCCC1. The van der Waals surface area contributed by atoms with Gasteiger partial charge in [0.2, 0.25) is 0 Å². The van der Waals surface area contributed by atoms with Gasteiger partial charge in [0.05, 0.1) is 11.3 Å². The largest absolute Gasteiger partial charge is 0.470 e. The molecule has 5 heteroatoms. The minimum Gasteiger partial charge on any atom is -0.470 e. The molecule has 2 aromatic rings. The molecule has 0 radical (unpaired) electrons. The molecular weight excluding hydrogens is 294 g/mol. The molecule has 4 rings (SSSR count). The quantitative estimate of drug-likeness (QED) is 0.624. The first kappa shape index (κ1) is 14.0. The predicted octanol–water partition coefficient (Wildman–Crippen LogP) is 3.74. The van der Waals surface area contributed by atoms with E-state index in [-0.39, 0.29) is 6.23 Å². The summed E-state index contributed by atoms with van der Waals surface area (Å²) < 4.78 is 6.31. The van der Waals surface area contributed by atoms with Gasteiger partial charge in [0.15, 0.2) is 11.4 Å². The van der Waals surface area contributed by atoms with Crippen LogP contribution in [0.4, 0.5) is 0 Å². The summed E-state index contributed by atoms with van der Waals surface area (Å²) in [6, 6.07) is 8.18. The van der Waals surface area contributed by atoms with Gasteiger partial charge in [0, 0.05) is 24.8 Å². The van der Waals surface area contributed by atoms with Crippen LogP contribution in [0.2, 0.25) is 0 Å². The third-order valence-electron chi connectivity index (χ3n) is 4.35. The van der Waals surface area contributed by atoms with E-state index >= 15 is 0 Å². The van der Waals surface area contributed by atoms with E-state index in [1.807, 2.05) is 30.7 Å². The van der Waals surface area contributed by atoms with Crippen LogP contribution in [0.3, 0.4) is 0 Å². The topological polar surface area (TPSA) is 38.3 Å². The zero-order valence-corrected chi connectivity index (χ0v) is 13.5. The van der Waals surface area contributed by atoms with Crippen molar-refractivity contribution >= 4 is 11.8 Å². The molecule has 0 unspecified atom stereocenters. The van der Waals surface area contributed by atoms with E-state index in [0.29, 0.717) is 0 Å². The smallest absolute Gasteiger partial charge is 0.187 e. The molecule has 2 aliphatic rings. The van der Waals surface area contributed by atoms with E-state index in [1.54, 1.807) is 11.8 Å². The number of hydrogen-bond donors (Lipinski definition) is 0. The Balaban J connectivity index is 1.81. The number of nitrogens with zero attached hydrogens (tertiary/aromatic N) is 3. The van der Waals surface area contributed by atoms with Gasteiger partial charge < -0.3 is 4.74 Å². The molecule has 4 nitrogen and oxygen atoms in total. The highest BCUT2D eigenvalue weighted by atomic mass is 32.2. The standard InChI is InChI=1S/C17H19N3OS/c1-22-17-18-11-13-15(19-17)12-7-3-4-8-14(12)21-16(13)20-9-5-2-6-10-20/h3-4,7-8,11,16H,2,5-6,9-10H2,1H3/t16-/m1/s1. The van der Waals surface area contributed by atoms with Crippen molar-refractivity contribution in [3.8, 4) is 17.0 Å². The molecule has 1 atom stereocenters. The second-order valence-corrected chi connectivity index (χ2v) is 6.50. The van der Waals surface area contributed by atoms with Gasteiger partial charge in [0.1, 0.15) is 5.75 Å². The molecule has 0 aliphatic carbocycles. The van der Waals surface area contributed by atoms with Crippen LogP contribution in [0.25, 0.3) is 11.3 Å². The van der Waals surface area contributed by atoms with Gasteiger partial charge in [-0.05, 0) is 31.2 Å². The first-order valence-electron chi connectivity index (χ1n) is 7.78. The fourth-order valence-electron chi connectivity index (χ4n) is 3.24. The van der Waals surface area contributed by atoms with E-state index in [4.69, 9.17) is 9.72 Å². The predicted molar refractivity (Wildman–Crippen MR) is 88.0 cm³/mol. The van der Waals surface area contributed by atoms with Gasteiger partial charge in [-0.2, -0.15) is 0 Å². The fraction of sp³-hybridized carbons (Fsp3) is 0.412. The second-order valence-electron chi connectivity index (χ2n) is 5.72. The molecule has 3 heterocycles. The summed E-state index contributed by atoms with van der Waals surface area (Å²) >= 11 is 1.58. The molecule has 0 amide bonds. The molecule has 114 valence electrons. The van der Waals surface area contributed by atoms with Crippen molar-refractivity contribution in [3.05, 3.63) is 36.0 Å². The third-order valence-corrected chi connectivity index (χ3v) is 4.91. The molecule has 0 saturated carbocycles. The van der Waals surface area contributed by atoms with Crippen molar-refractivity contribution in [1.82, 2.24) is 14.9 Å². The number of piperidine rings is 1. The van der Waals surface area contributed by atoms with Crippen LogP contribution >= 0.6 is 11.8 Å². The van der Waals surface area contributed by atoms with Gasteiger partial charge in [-0.25, -0.2) is 9.97 Å². The summed E-state index contributed by atoms with van der Waals surface area (Å²) in [7, 11) is 0. The van der Waals surface area contributed by atoms with Crippen LogP contribution in [0, 0.1) is 0 Å². The maximum atomic E-state index is 6.31. The Morgan fingerprint density at radius 3 is 2.82 bits per heavy atom. The Kier molecular flexibility index (Phi) is 3.76. The Hall–Kier alpha value is -1.59. The van der Waals surface area contributed by atoms with E-state index in [9.17, 15) is 0 Å². The summed E-state index contributed by atoms with van der Waals surface area (Å²) in [5.41, 5.74) is 3.19. The minimum atomic E-state index is -0.0545. The van der Waals surface area contributed by atoms with Crippen LogP contribution in [0.5, 0.6) is 5.75 Å². The molecule has 0 bridgehead atoms. The zero-order chi connectivity index (χ0) is 14.9. The highest BCUT2D eigenvalue weighted by molar-refractivity contribution is 7.98. The lowest BCUT2D eigenvalue weighted by molar-refractivity contribution is 0.00807. The summed E-state index contributed by atoms with van der Waals surface area (Å²) in [6.07, 6.45) is 7.69. The Bertz CT molecular complexity index is 685. The average molecular weight is 313 g/mol. The number of para-hydroxylation sites is 1.